The second-order valence-corrected chi connectivity index (χ2v) is 8.81. The molecule has 2 aromatic carbocycles. The molecule has 3 atom stereocenters. The normalized spacial score (nSPS) is 21.8. The highest BCUT2D eigenvalue weighted by Crippen LogP contribution is 2.29. The van der Waals surface area contributed by atoms with E-state index < -0.39 is 18.0 Å². The van der Waals surface area contributed by atoms with E-state index in [0.717, 1.165) is 23.4 Å². The van der Waals surface area contributed by atoms with Crippen LogP contribution >= 0.6 is 0 Å². The molecule has 0 radical (unpaired) electrons. The lowest BCUT2D eigenvalue weighted by molar-refractivity contribution is -0.119. The van der Waals surface area contributed by atoms with Gasteiger partial charge in [0.25, 0.3) is 0 Å². The van der Waals surface area contributed by atoms with Gasteiger partial charge >= 0.3 is 6.09 Å². The van der Waals surface area contributed by atoms with Crippen LogP contribution < -0.4 is 15.5 Å². The van der Waals surface area contributed by atoms with Gasteiger partial charge in [0.15, 0.2) is 0 Å². The number of amides is 2. The van der Waals surface area contributed by atoms with Gasteiger partial charge in [-0.05, 0) is 49.2 Å². The lowest BCUT2D eigenvalue weighted by atomic mass is 10.0. The van der Waals surface area contributed by atoms with Crippen LogP contribution in [0.5, 0.6) is 0 Å². The molecule has 1 saturated heterocycles. The summed E-state index contributed by atoms with van der Waals surface area (Å²) < 4.78 is 25.9. The third-order valence-electron chi connectivity index (χ3n) is 6.11. The Morgan fingerprint density at radius 3 is 2.56 bits per heavy atom. The SMILES string of the molecule is CC(=O)NC[C@H]1CN(c2ccc(-c3ccc(CNCC4C=C(C)OC4C)cc3)c(F)c2)C(=O)O1. The second kappa shape index (κ2) is 10.3. The Balaban J connectivity index is 1.35. The Labute approximate surface area is 198 Å². The number of benzene rings is 2. The zero-order valence-corrected chi connectivity index (χ0v) is 19.6. The molecule has 0 saturated carbocycles. The van der Waals surface area contributed by atoms with E-state index in [2.05, 4.69) is 23.6 Å². The van der Waals surface area contributed by atoms with Crippen LogP contribution in [0.1, 0.15) is 26.3 Å². The first-order valence-electron chi connectivity index (χ1n) is 11.5. The fourth-order valence-electron chi connectivity index (χ4n) is 4.27. The quantitative estimate of drug-likeness (QED) is 0.614. The van der Waals surface area contributed by atoms with Crippen LogP contribution in [0.25, 0.3) is 11.1 Å². The van der Waals surface area contributed by atoms with Crippen LogP contribution in [0.15, 0.2) is 54.3 Å². The van der Waals surface area contributed by atoms with Crippen LogP contribution in [-0.2, 0) is 20.8 Å². The average Bonchev–Trinajstić information content (AvgIpc) is 3.33. The van der Waals surface area contributed by atoms with Crippen molar-refractivity contribution in [1.82, 2.24) is 10.6 Å². The van der Waals surface area contributed by atoms with Gasteiger partial charge in [0.2, 0.25) is 5.91 Å². The van der Waals surface area contributed by atoms with E-state index in [4.69, 9.17) is 9.47 Å². The first kappa shape index (κ1) is 23.8. The van der Waals surface area contributed by atoms with Crippen molar-refractivity contribution >= 4 is 17.7 Å². The van der Waals surface area contributed by atoms with Crippen molar-refractivity contribution < 1.29 is 23.5 Å². The van der Waals surface area contributed by atoms with Gasteiger partial charge in [0.05, 0.1) is 24.5 Å². The number of nitrogens with one attached hydrogen (secondary N) is 2. The lowest BCUT2D eigenvalue weighted by Crippen LogP contribution is -2.33. The van der Waals surface area contributed by atoms with Crippen molar-refractivity contribution in [2.75, 3.05) is 24.5 Å². The number of hydrogen-bond acceptors (Lipinski definition) is 5. The molecule has 2 N–H and O–H groups in total. The van der Waals surface area contributed by atoms with E-state index in [9.17, 15) is 14.0 Å². The number of carbonyl (C=O) groups excluding carboxylic acids is 2. The van der Waals surface area contributed by atoms with Gasteiger partial charge in [-0.1, -0.05) is 24.3 Å². The molecule has 2 aliphatic heterocycles. The summed E-state index contributed by atoms with van der Waals surface area (Å²) in [5.74, 6) is 0.722. The maximum atomic E-state index is 14.9. The van der Waals surface area contributed by atoms with Crippen LogP contribution in [0.3, 0.4) is 0 Å². The molecule has 0 bridgehead atoms. The number of nitrogens with zero attached hydrogens (tertiary/aromatic N) is 1. The van der Waals surface area contributed by atoms with Crippen molar-refractivity contribution in [3.05, 3.63) is 65.7 Å². The van der Waals surface area contributed by atoms with Gasteiger partial charge in [0.1, 0.15) is 18.0 Å². The molecule has 180 valence electrons. The Morgan fingerprint density at radius 2 is 1.91 bits per heavy atom. The first-order valence-corrected chi connectivity index (χ1v) is 11.5. The first-order chi connectivity index (χ1) is 16.3. The summed E-state index contributed by atoms with van der Waals surface area (Å²) >= 11 is 0. The number of halogens is 1. The fourth-order valence-corrected chi connectivity index (χ4v) is 4.27. The van der Waals surface area contributed by atoms with Crippen molar-refractivity contribution in [1.29, 1.82) is 0 Å². The third kappa shape index (κ3) is 5.56. The molecule has 2 aliphatic rings. The fraction of sp³-hybridized carbons (Fsp3) is 0.385. The summed E-state index contributed by atoms with van der Waals surface area (Å²) in [7, 11) is 0. The molecule has 1 fully saturated rings. The van der Waals surface area contributed by atoms with Crippen LogP contribution in [0.4, 0.5) is 14.9 Å². The van der Waals surface area contributed by atoms with E-state index in [-0.39, 0.29) is 25.1 Å². The van der Waals surface area contributed by atoms with Gasteiger partial charge < -0.3 is 20.1 Å². The highest BCUT2D eigenvalue weighted by Gasteiger charge is 2.32. The smallest absolute Gasteiger partial charge is 0.414 e. The summed E-state index contributed by atoms with van der Waals surface area (Å²) in [5, 5.41) is 6.08. The predicted octanol–water partition coefficient (Wildman–Crippen LogP) is 3.98. The molecule has 2 amide bonds. The predicted molar refractivity (Wildman–Crippen MR) is 128 cm³/mol. The van der Waals surface area contributed by atoms with E-state index in [1.807, 2.05) is 31.2 Å². The van der Waals surface area contributed by atoms with Gasteiger partial charge in [-0.2, -0.15) is 0 Å². The Morgan fingerprint density at radius 1 is 1.15 bits per heavy atom. The van der Waals surface area contributed by atoms with E-state index in [1.165, 1.54) is 17.9 Å². The molecule has 0 aliphatic carbocycles. The monoisotopic (exact) mass is 467 g/mol. The summed E-state index contributed by atoms with van der Waals surface area (Å²) in [4.78, 5) is 24.6. The molecule has 7 nitrogen and oxygen atoms in total. The molecule has 8 heteroatoms. The van der Waals surface area contributed by atoms with Crippen LogP contribution in [-0.4, -0.2) is 43.8 Å². The minimum Gasteiger partial charge on any atom is -0.495 e. The zero-order chi connectivity index (χ0) is 24.2. The molecule has 0 aromatic heterocycles. The Bertz CT molecular complexity index is 1090. The van der Waals surface area contributed by atoms with E-state index >= 15 is 0 Å². The highest BCUT2D eigenvalue weighted by molar-refractivity contribution is 5.90. The average molecular weight is 468 g/mol. The number of cyclic esters (lactones) is 1. The topological polar surface area (TPSA) is 79.9 Å². The van der Waals surface area contributed by atoms with Crippen molar-refractivity contribution in [2.45, 2.75) is 39.5 Å². The number of allylic oxidation sites excluding steroid dienone is 1. The molecule has 0 spiro atoms. The van der Waals surface area contributed by atoms with E-state index in [1.54, 1.807) is 12.1 Å². The maximum absolute atomic E-state index is 14.9. The minimum absolute atomic E-state index is 0.186. The Hall–Kier alpha value is -3.39. The summed E-state index contributed by atoms with van der Waals surface area (Å²) in [5.41, 5.74) is 2.75. The van der Waals surface area contributed by atoms with Crippen molar-refractivity contribution in [2.24, 2.45) is 5.92 Å². The van der Waals surface area contributed by atoms with Gasteiger partial charge in [-0.15, -0.1) is 0 Å². The maximum Gasteiger partial charge on any atom is 0.414 e. The van der Waals surface area contributed by atoms with Crippen molar-refractivity contribution in [3.63, 3.8) is 0 Å². The Kier molecular flexibility index (Phi) is 7.17. The number of hydrogen-bond donors (Lipinski definition) is 2. The molecule has 34 heavy (non-hydrogen) atoms. The van der Waals surface area contributed by atoms with Crippen LogP contribution in [0, 0.1) is 11.7 Å². The largest absolute Gasteiger partial charge is 0.495 e. The molecular formula is C26H30FN3O4. The number of carbonyl (C=O) groups is 2. The molecular weight excluding hydrogens is 437 g/mol. The van der Waals surface area contributed by atoms with Gasteiger partial charge in [-0.3, -0.25) is 9.69 Å². The van der Waals surface area contributed by atoms with Gasteiger partial charge in [-0.25, -0.2) is 9.18 Å². The van der Waals surface area contributed by atoms with Crippen LogP contribution in [0.2, 0.25) is 0 Å². The third-order valence-corrected chi connectivity index (χ3v) is 6.11. The number of rotatable bonds is 8. The molecule has 2 aromatic rings. The minimum atomic E-state index is -0.552. The van der Waals surface area contributed by atoms with Gasteiger partial charge in [0, 0.05) is 31.5 Å². The molecule has 2 unspecified atom stereocenters. The highest BCUT2D eigenvalue weighted by atomic mass is 19.1. The lowest BCUT2D eigenvalue weighted by Gasteiger charge is -2.15. The zero-order valence-electron chi connectivity index (χ0n) is 19.6. The van der Waals surface area contributed by atoms with Crippen molar-refractivity contribution in [3.8, 4) is 11.1 Å². The number of anilines is 1. The number of ether oxygens (including phenoxy) is 2. The van der Waals surface area contributed by atoms with E-state index in [0.29, 0.717) is 23.7 Å². The standard InChI is InChI=1S/C26H30FN3O4/c1-16-10-21(17(2)33-16)13-28-12-19-4-6-20(7-5-19)24-9-8-22(11-25(24)27)30-15-23(34-26(30)32)14-29-18(3)31/h4-11,17,21,23,28H,12-15H2,1-3H3,(H,29,31)/t17?,21?,23-/m0/s1. The second-order valence-electron chi connectivity index (χ2n) is 8.81. The summed E-state index contributed by atoms with van der Waals surface area (Å²) in [6.45, 7) is 7.48. The summed E-state index contributed by atoms with van der Waals surface area (Å²) in [6.07, 6.45) is 1.32. The molecule has 2 heterocycles. The molecule has 4 rings (SSSR count). The summed E-state index contributed by atoms with van der Waals surface area (Å²) in [6, 6.07) is 12.5.